The number of esters is 2. The molecule has 0 aliphatic heterocycles. The number of hydrogen-bond acceptors (Lipinski definition) is 5. The van der Waals surface area contributed by atoms with Gasteiger partial charge in [0, 0.05) is 5.57 Å². The van der Waals surface area contributed by atoms with Crippen LogP contribution < -0.4 is 0 Å². The molecule has 0 aliphatic carbocycles. The van der Waals surface area contributed by atoms with Crippen LogP contribution in [0, 0.1) is 0 Å². The number of rotatable bonds is 8. The van der Waals surface area contributed by atoms with Gasteiger partial charge in [0.15, 0.2) is 0 Å². The van der Waals surface area contributed by atoms with E-state index in [9.17, 15) is 14.4 Å². The minimum Gasteiger partial charge on any atom is -0.478 e. The van der Waals surface area contributed by atoms with E-state index in [-0.39, 0.29) is 12.4 Å². The Morgan fingerprint density at radius 2 is 1.77 bits per heavy atom. The molecule has 6 nitrogen and oxygen atoms in total. The third-order valence-corrected chi connectivity index (χ3v) is 2.56. The quantitative estimate of drug-likeness (QED) is 0.302. The van der Waals surface area contributed by atoms with Gasteiger partial charge in [0.1, 0.15) is 4.83 Å². The Morgan fingerprint density at radius 1 is 1.23 bits per heavy atom. The molecule has 0 amide bonds. The largest absolute Gasteiger partial charge is 0.478 e. The van der Waals surface area contributed by atoms with Crippen molar-refractivity contribution in [1.82, 2.24) is 0 Å². The molecule has 0 rings (SSSR count). The molecule has 1 N–H and O–H groups in total. The van der Waals surface area contributed by atoms with Crippen LogP contribution in [0.15, 0.2) is 24.5 Å². The lowest BCUT2D eigenvalue weighted by atomic mass is 10.1. The first-order valence-corrected chi connectivity index (χ1v) is 7.71. The van der Waals surface area contributed by atoms with Gasteiger partial charge in [-0.1, -0.05) is 35.9 Å². The second-order valence-corrected chi connectivity index (χ2v) is 5.57. The zero-order valence-electron chi connectivity index (χ0n) is 13.2. The van der Waals surface area contributed by atoms with Crippen molar-refractivity contribution >= 4 is 33.8 Å². The number of aliphatic carboxylic acids is 1. The van der Waals surface area contributed by atoms with Gasteiger partial charge < -0.3 is 14.6 Å². The zero-order valence-corrected chi connectivity index (χ0v) is 14.8. The maximum atomic E-state index is 10.9. The number of carboxylic acid groups (broad SMARTS) is 1. The number of halogens is 1. The SMILES string of the molecule is C=C(CCCC)C(=O)O.C=C(OC(=O)C(C)Br)C(=O)OCC. The number of hydrogen-bond donors (Lipinski definition) is 1. The van der Waals surface area contributed by atoms with Crippen LogP contribution in [0.3, 0.4) is 0 Å². The normalized spacial score (nSPS) is 10.5. The Bertz CT molecular complexity index is 414. The Hall–Kier alpha value is -1.63. The van der Waals surface area contributed by atoms with Crippen molar-refractivity contribution < 1.29 is 29.0 Å². The average molecular weight is 379 g/mol. The van der Waals surface area contributed by atoms with Crippen LogP contribution in [0.4, 0.5) is 0 Å². The lowest BCUT2D eigenvalue weighted by Gasteiger charge is -2.06. The summed E-state index contributed by atoms with van der Waals surface area (Å²) in [6, 6.07) is 0. The summed E-state index contributed by atoms with van der Waals surface area (Å²) in [5, 5.41) is 8.31. The Balaban J connectivity index is 0. The van der Waals surface area contributed by atoms with Crippen LogP contribution in [0.5, 0.6) is 0 Å². The van der Waals surface area contributed by atoms with E-state index in [1.807, 2.05) is 6.92 Å². The van der Waals surface area contributed by atoms with E-state index in [1.54, 1.807) is 13.8 Å². The van der Waals surface area contributed by atoms with Crippen LogP contribution in [0.2, 0.25) is 0 Å². The molecule has 0 radical (unpaired) electrons. The van der Waals surface area contributed by atoms with Gasteiger partial charge in [-0.3, -0.25) is 4.79 Å². The molecule has 22 heavy (non-hydrogen) atoms. The van der Waals surface area contributed by atoms with Gasteiger partial charge in [0.2, 0.25) is 5.76 Å². The highest BCUT2D eigenvalue weighted by Gasteiger charge is 2.17. The molecule has 1 unspecified atom stereocenters. The fourth-order valence-corrected chi connectivity index (χ4v) is 1.05. The van der Waals surface area contributed by atoms with Gasteiger partial charge in [0.25, 0.3) is 0 Å². The summed E-state index contributed by atoms with van der Waals surface area (Å²) in [4.78, 5) is 31.4. The van der Waals surface area contributed by atoms with Crippen LogP contribution >= 0.6 is 15.9 Å². The minimum atomic E-state index is -0.872. The topological polar surface area (TPSA) is 89.9 Å². The summed E-state index contributed by atoms with van der Waals surface area (Å²) in [7, 11) is 0. The zero-order chi connectivity index (χ0) is 17.7. The lowest BCUT2D eigenvalue weighted by molar-refractivity contribution is -0.150. The molecule has 0 fully saturated rings. The fraction of sp³-hybridized carbons (Fsp3) is 0.533. The van der Waals surface area contributed by atoms with Gasteiger partial charge in [-0.2, -0.15) is 0 Å². The lowest BCUT2D eigenvalue weighted by Crippen LogP contribution is -2.18. The summed E-state index contributed by atoms with van der Waals surface area (Å²) in [5.41, 5.74) is 0.317. The molecule has 0 aliphatic rings. The highest BCUT2D eigenvalue weighted by molar-refractivity contribution is 9.10. The summed E-state index contributed by atoms with van der Waals surface area (Å²) in [6.45, 7) is 12.1. The predicted molar refractivity (Wildman–Crippen MR) is 86.6 cm³/mol. The van der Waals surface area contributed by atoms with Crippen molar-refractivity contribution in [2.75, 3.05) is 6.61 Å². The van der Waals surface area contributed by atoms with Gasteiger partial charge in [-0.05, 0) is 33.3 Å². The van der Waals surface area contributed by atoms with Crippen LogP contribution in [0.25, 0.3) is 0 Å². The summed E-state index contributed by atoms with van der Waals surface area (Å²) < 4.78 is 9.12. The second kappa shape index (κ2) is 13.1. The van der Waals surface area contributed by atoms with Crippen molar-refractivity contribution in [2.45, 2.75) is 44.9 Å². The van der Waals surface area contributed by atoms with Crippen LogP contribution in [0.1, 0.15) is 40.0 Å². The minimum absolute atomic E-state index is 0.221. The van der Waals surface area contributed by atoms with Gasteiger partial charge in [-0.25, -0.2) is 9.59 Å². The van der Waals surface area contributed by atoms with E-state index in [1.165, 1.54) is 0 Å². The van der Waals surface area contributed by atoms with E-state index >= 15 is 0 Å². The second-order valence-electron chi connectivity index (χ2n) is 4.19. The number of alkyl halides is 1. The molecule has 0 saturated heterocycles. The molecule has 0 saturated carbocycles. The number of carbonyl (C=O) groups excluding carboxylic acids is 2. The molecule has 1 atom stereocenters. The number of carboxylic acids is 1. The van der Waals surface area contributed by atoms with Gasteiger partial charge in [0.05, 0.1) is 6.61 Å². The highest BCUT2D eigenvalue weighted by Crippen LogP contribution is 2.05. The summed E-state index contributed by atoms with van der Waals surface area (Å²) >= 11 is 2.99. The van der Waals surface area contributed by atoms with Crippen molar-refractivity contribution in [3.8, 4) is 0 Å². The van der Waals surface area contributed by atoms with E-state index in [0.29, 0.717) is 12.0 Å². The Morgan fingerprint density at radius 3 is 2.14 bits per heavy atom. The van der Waals surface area contributed by atoms with Gasteiger partial charge in [-0.15, -0.1) is 0 Å². The third kappa shape index (κ3) is 12.1. The standard InChI is InChI=1S/C8H11BrO4.C7H12O2/c1-4-12-8(11)6(3)13-7(10)5(2)9;1-3-4-5-6(2)7(8)9/h5H,3-4H2,1-2H3;2-5H2,1H3,(H,8,9). The molecule has 0 heterocycles. The maximum absolute atomic E-state index is 10.9. The summed E-state index contributed by atoms with van der Waals surface area (Å²) in [5.74, 6) is -2.45. The molecular formula is C15H23BrO6. The molecule has 0 spiro atoms. The highest BCUT2D eigenvalue weighted by atomic mass is 79.9. The van der Waals surface area contributed by atoms with Crippen molar-refractivity contribution in [3.63, 3.8) is 0 Å². The monoisotopic (exact) mass is 378 g/mol. The number of ether oxygens (including phenoxy) is 2. The molecule has 0 aromatic carbocycles. The molecule has 0 bridgehead atoms. The van der Waals surface area contributed by atoms with Crippen molar-refractivity contribution in [2.24, 2.45) is 0 Å². The predicted octanol–water partition coefficient (Wildman–Crippen LogP) is 3.21. The molecule has 126 valence electrons. The van der Waals surface area contributed by atoms with E-state index < -0.39 is 22.7 Å². The van der Waals surface area contributed by atoms with Crippen LogP contribution in [-0.2, 0) is 23.9 Å². The Kier molecular flexibility index (Phi) is 13.4. The first-order valence-electron chi connectivity index (χ1n) is 6.80. The molecule has 7 heteroatoms. The Labute approximate surface area is 139 Å². The van der Waals surface area contributed by atoms with E-state index in [2.05, 4.69) is 38.6 Å². The summed E-state index contributed by atoms with van der Waals surface area (Å²) in [6.07, 6.45) is 2.56. The van der Waals surface area contributed by atoms with Gasteiger partial charge >= 0.3 is 17.9 Å². The first-order chi connectivity index (χ1) is 10.2. The first kappa shape index (κ1) is 22.6. The fourth-order valence-electron chi connectivity index (χ4n) is 0.953. The number of carbonyl (C=O) groups is 3. The van der Waals surface area contributed by atoms with Crippen molar-refractivity contribution in [1.29, 1.82) is 0 Å². The smallest absolute Gasteiger partial charge is 0.373 e. The number of unbranched alkanes of at least 4 members (excludes halogenated alkanes) is 1. The molecule has 0 aromatic heterocycles. The van der Waals surface area contributed by atoms with E-state index in [4.69, 9.17) is 5.11 Å². The van der Waals surface area contributed by atoms with Crippen LogP contribution in [-0.4, -0.2) is 34.4 Å². The molecular weight excluding hydrogens is 356 g/mol. The molecule has 0 aromatic rings. The van der Waals surface area contributed by atoms with E-state index in [0.717, 1.165) is 12.8 Å². The third-order valence-electron chi connectivity index (χ3n) is 2.19. The van der Waals surface area contributed by atoms with Crippen molar-refractivity contribution in [3.05, 3.63) is 24.5 Å². The maximum Gasteiger partial charge on any atom is 0.373 e. The average Bonchev–Trinajstić information content (AvgIpc) is 2.45.